The number of hydrogen-bond donors (Lipinski definition) is 3. The zero-order chi connectivity index (χ0) is 19.7. The molecule has 150 valence electrons. The molecule has 7 nitrogen and oxygen atoms in total. The minimum atomic E-state index is -4.41. The largest absolute Gasteiger partial charge is 0.468 e. The molecule has 1 heterocycles. The lowest BCUT2D eigenvalue weighted by Crippen LogP contribution is -2.41. The van der Waals surface area contributed by atoms with Crippen molar-refractivity contribution in [2.45, 2.75) is 32.5 Å². The monoisotopic (exact) mass is 387 g/mol. The van der Waals surface area contributed by atoms with Gasteiger partial charge in [0.1, 0.15) is 0 Å². The molecule has 0 aliphatic heterocycles. The molecule has 1 aliphatic carbocycles. The van der Waals surface area contributed by atoms with Gasteiger partial charge >= 0.3 is 6.18 Å². The second kappa shape index (κ2) is 9.98. The number of amides is 1. The van der Waals surface area contributed by atoms with Gasteiger partial charge in [0.05, 0.1) is 6.54 Å². The maximum atomic E-state index is 12.2. The summed E-state index contributed by atoms with van der Waals surface area (Å²) in [5.74, 6) is 0.711. The molecular weight excluding hydrogens is 363 g/mol. The Labute approximate surface area is 155 Å². The van der Waals surface area contributed by atoms with Crippen LogP contribution in [0.25, 0.3) is 0 Å². The molecule has 1 amide bonds. The van der Waals surface area contributed by atoms with E-state index < -0.39 is 12.8 Å². The molecule has 1 saturated carbocycles. The number of halogens is 3. The fourth-order valence-corrected chi connectivity index (χ4v) is 2.15. The third-order valence-corrected chi connectivity index (χ3v) is 3.61. The van der Waals surface area contributed by atoms with Gasteiger partial charge in [-0.3, -0.25) is 4.79 Å². The maximum Gasteiger partial charge on any atom is 0.422 e. The number of carbonyl (C=O) groups is 1. The third kappa shape index (κ3) is 8.61. The molecule has 27 heavy (non-hydrogen) atoms. The fourth-order valence-electron chi connectivity index (χ4n) is 2.15. The molecule has 0 bridgehead atoms. The number of nitrogens with zero attached hydrogens (tertiary/aromatic N) is 2. The van der Waals surface area contributed by atoms with E-state index in [1.165, 1.54) is 12.3 Å². The van der Waals surface area contributed by atoms with Gasteiger partial charge in [-0.25, -0.2) is 9.98 Å². The number of alkyl halides is 3. The van der Waals surface area contributed by atoms with Gasteiger partial charge in [-0.05, 0) is 31.4 Å². The molecule has 1 aromatic rings. The van der Waals surface area contributed by atoms with E-state index in [1.54, 1.807) is 6.07 Å². The number of ether oxygens (including phenoxy) is 1. The highest BCUT2D eigenvalue weighted by Gasteiger charge is 2.29. The molecule has 0 atom stereocenters. The predicted octanol–water partition coefficient (Wildman–Crippen LogP) is 1.60. The molecule has 0 radical (unpaired) electrons. The van der Waals surface area contributed by atoms with E-state index in [9.17, 15) is 18.0 Å². The zero-order valence-electron chi connectivity index (χ0n) is 15.1. The van der Waals surface area contributed by atoms with Crippen molar-refractivity contribution in [1.82, 2.24) is 20.9 Å². The number of guanidine groups is 1. The minimum absolute atomic E-state index is 0.0851. The average molecular weight is 387 g/mol. The van der Waals surface area contributed by atoms with Gasteiger partial charge in [-0.2, -0.15) is 13.2 Å². The molecule has 0 spiro atoms. The van der Waals surface area contributed by atoms with Crippen LogP contribution in [0, 0.1) is 5.92 Å². The molecule has 1 fully saturated rings. The first kappa shape index (κ1) is 20.8. The van der Waals surface area contributed by atoms with E-state index in [0.717, 1.165) is 12.8 Å². The molecule has 0 saturated heterocycles. The van der Waals surface area contributed by atoms with Crippen LogP contribution in [0.3, 0.4) is 0 Å². The molecule has 0 unspecified atom stereocenters. The van der Waals surface area contributed by atoms with Gasteiger partial charge in [0.15, 0.2) is 12.6 Å². The van der Waals surface area contributed by atoms with Gasteiger partial charge in [-0.1, -0.05) is 0 Å². The molecule has 2 rings (SSSR count). The minimum Gasteiger partial charge on any atom is -0.468 e. The highest BCUT2D eigenvalue weighted by molar-refractivity contribution is 5.81. The second-order valence-electron chi connectivity index (χ2n) is 6.09. The van der Waals surface area contributed by atoms with E-state index in [0.29, 0.717) is 31.2 Å². The maximum absolute atomic E-state index is 12.2. The van der Waals surface area contributed by atoms with Crippen LogP contribution in [0.1, 0.15) is 25.3 Å². The first-order valence-corrected chi connectivity index (χ1v) is 8.81. The molecule has 10 heteroatoms. The van der Waals surface area contributed by atoms with Crippen molar-refractivity contribution >= 4 is 11.9 Å². The van der Waals surface area contributed by atoms with Gasteiger partial charge in [-0.15, -0.1) is 0 Å². The summed E-state index contributed by atoms with van der Waals surface area (Å²) in [6.45, 7) is 2.43. The Hall–Kier alpha value is -2.52. The second-order valence-corrected chi connectivity index (χ2v) is 6.09. The van der Waals surface area contributed by atoms with Gasteiger partial charge in [0.25, 0.3) is 0 Å². The highest BCUT2D eigenvalue weighted by atomic mass is 19.4. The lowest BCUT2D eigenvalue weighted by molar-refractivity contribution is -0.154. The van der Waals surface area contributed by atoms with Crippen molar-refractivity contribution in [1.29, 1.82) is 0 Å². The summed E-state index contributed by atoms with van der Waals surface area (Å²) >= 11 is 0. The van der Waals surface area contributed by atoms with Gasteiger partial charge in [0.2, 0.25) is 11.8 Å². The standard InChI is InChI=1S/C17H24F3N5O2/c1-2-21-16(24-8-7-23-15(26)13-3-4-13)25-10-12-5-6-22-14(9-12)27-11-17(18,19)20/h5-6,9,13H,2-4,7-8,10-11H2,1H3,(H,23,26)(H2,21,24,25). The Morgan fingerprint density at radius 1 is 1.30 bits per heavy atom. The predicted molar refractivity (Wildman–Crippen MR) is 94.3 cm³/mol. The van der Waals surface area contributed by atoms with Crippen LogP contribution in [-0.2, 0) is 11.3 Å². The Bertz CT molecular complexity index is 648. The molecule has 1 aromatic heterocycles. The normalized spacial score (nSPS) is 14.6. The van der Waals surface area contributed by atoms with Crippen LogP contribution in [0.4, 0.5) is 13.2 Å². The van der Waals surface area contributed by atoms with Crippen molar-refractivity contribution in [3.63, 3.8) is 0 Å². The Morgan fingerprint density at radius 3 is 2.70 bits per heavy atom. The van der Waals surface area contributed by atoms with Crippen molar-refractivity contribution in [3.05, 3.63) is 23.9 Å². The van der Waals surface area contributed by atoms with Crippen LogP contribution in [0.2, 0.25) is 0 Å². The van der Waals surface area contributed by atoms with E-state index in [2.05, 4.69) is 30.7 Å². The molecule has 1 aliphatic rings. The Balaban J connectivity index is 1.81. The van der Waals surface area contributed by atoms with Crippen LogP contribution in [0.5, 0.6) is 5.88 Å². The van der Waals surface area contributed by atoms with Crippen LogP contribution < -0.4 is 20.7 Å². The number of aliphatic imine (C=N–C) groups is 1. The van der Waals surface area contributed by atoms with Crippen molar-refractivity contribution in [3.8, 4) is 5.88 Å². The third-order valence-electron chi connectivity index (χ3n) is 3.61. The first-order chi connectivity index (χ1) is 12.9. The zero-order valence-corrected chi connectivity index (χ0v) is 15.1. The molecule has 0 aromatic carbocycles. The summed E-state index contributed by atoms with van der Waals surface area (Å²) in [6, 6.07) is 3.08. The average Bonchev–Trinajstić information content (AvgIpc) is 3.46. The summed E-state index contributed by atoms with van der Waals surface area (Å²) in [5.41, 5.74) is 0.668. The van der Waals surface area contributed by atoms with Crippen molar-refractivity contribution in [2.24, 2.45) is 10.9 Å². The molecular formula is C17H24F3N5O2. The number of carbonyl (C=O) groups excluding carboxylic acids is 1. The number of pyridine rings is 1. The fraction of sp³-hybridized carbons (Fsp3) is 0.588. The lowest BCUT2D eigenvalue weighted by atomic mass is 10.3. The summed E-state index contributed by atoms with van der Waals surface area (Å²) in [6.07, 6.45) is -1.11. The van der Waals surface area contributed by atoms with E-state index in [1.807, 2.05) is 6.92 Å². The summed E-state index contributed by atoms with van der Waals surface area (Å²) in [5, 5.41) is 9.01. The quantitative estimate of drug-likeness (QED) is 0.340. The topological polar surface area (TPSA) is 87.6 Å². The first-order valence-electron chi connectivity index (χ1n) is 8.81. The Morgan fingerprint density at radius 2 is 2.04 bits per heavy atom. The van der Waals surface area contributed by atoms with Gasteiger partial charge in [0, 0.05) is 37.8 Å². The Kier molecular flexibility index (Phi) is 7.68. The van der Waals surface area contributed by atoms with E-state index in [4.69, 9.17) is 0 Å². The van der Waals surface area contributed by atoms with Crippen molar-refractivity contribution in [2.75, 3.05) is 26.2 Å². The highest BCUT2D eigenvalue weighted by Crippen LogP contribution is 2.28. The number of nitrogens with one attached hydrogen (secondary N) is 3. The van der Waals surface area contributed by atoms with Crippen LogP contribution in [-0.4, -0.2) is 49.3 Å². The van der Waals surface area contributed by atoms with E-state index in [-0.39, 0.29) is 24.2 Å². The van der Waals surface area contributed by atoms with Crippen LogP contribution >= 0.6 is 0 Å². The number of rotatable bonds is 9. The van der Waals surface area contributed by atoms with E-state index >= 15 is 0 Å². The SMILES string of the molecule is CCNC(=NCc1ccnc(OCC(F)(F)F)c1)NCCNC(=O)C1CC1. The lowest BCUT2D eigenvalue weighted by Gasteiger charge is -2.12. The summed E-state index contributed by atoms with van der Waals surface area (Å²) < 4.78 is 41.3. The number of hydrogen-bond acceptors (Lipinski definition) is 4. The van der Waals surface area contributed by atoms with Crippen LogP contribution in [0.15, 0.2) is 23.3 Å². The number of aromatic nitrogens is 1. The summed E-state index contributed by atoms with van der Waals surface area (Å²) in [4.78, 5) is 19.7. The smallest absolute Gasteiger partial charge is 0.422 e. The molecule has 3 N–H and O–H groups in total. The summed E-state index contributed by atoms with van der Waals surface area (Å²) in [7, 11) is 0. The van der Waals surface area contributed by atoms with Crippen molar-refractivity contribution < 1.29 is 22.7 Å². The van der Waals surface area contributed by atoms with Gasteiger partial charge < -0.3 is 20.7 Å².